The number of hydrogen-bond acceptors (Lipinski definition) is 4. The molecule has 1 N–H and O–H groups in total. The third kappa shape index (κ3) is 5.93. The lowest BCUT2D eigenvalue weighted by molar-refractivity contribution is 0.254. The van der Waals surface area contributed by atoms with Gasteiger partial charge in [-0.15, -0.1) is 0 Å². The van der Waals surface area contributed by atoms with Gasteiger partial charge in [-0.05, 0) is 85.4 Å². The molecule has 0 amide bonds. The van der Waals surface area contributed by atoms with Crippen molar-refractivity contribution in [1.82, 2.24) is 14.7 Å². The van der Waals surface area contributed by atoms with Crippen LogP contribution in [0.3, 0.4) is 0 Å². The first kappa shape index (κ1) is 29.0. The second-order valence-electron chi connectivity index (χ2n) is 12.6. The minimum Gasteiger partial charge on any atom is -0.491 e. The van der Waals surface area contributed by atoms with Crippen LogP contribution < -0.4 is 20.9 Å². The van der Waals surface area contributed by atoms with Crippen LogP contribution in [0.1, 0.15) is 84.8 Å². The molecule has 1 aliphatic carbocycles. The molecule has 3 heterocycles. The van der Waals surface area contributed by atoms with Crippen LogP contribution in [0.4, 0.5) is 0 Å². The molecule has 0 spiro atoms. The van der Waals surface area contributed by atoms with E-state index in [1.807, 2.05) is 13.0 Å². The highest BCUT2D eigenvalue weighted by molar-refractivity contribution is 5.88. The lowest BCUT2D eigenvalue weighted by atomic mass is 9.71. The minimum absolute atomic E-state index is 0.0144. The molecule has 218 valence electrons. The second kappa shape index (κ2) is 11.8. The maximum atomic E-state index is 13.0. The molecule has 1 saturated carbocycles. The van der Waals surface area contributed by atoms with Crippen LogP contribution in [-0.4, -0.2) is 34.0 Å². The maximum Gasteiger partial charge on any atom is 0.274 e. The van der Waals surface area contributed by atoms with E-state index in [9.17, 15) is 4.79 Å². The van der Waals surface area contributed by atoms with Gasteiger partial charge in [0.1, 0.15) is 18.2 Å². The molecule has 41 heavy (non-hydrogen) atoms. The summed E-state index contributed by atoms with van der Waals surface area (Å²) in [6.45, 7) is 15.6. The van der Waals surface area contributed by atoms with Crippen LogP contribution >= 0.6 is 0 Å². The Labute approximate surface area is 244 Å². The zero-order valence-corrected chi connectivity index (χ0v) is 25.9. The zero-order chi connectivity index (χ0) is 29.3. The number of aryl methyl sites for hydroxylation is 1. The number of ether oxygens (including phenoxy) is 1. The number of unbranched alkanes of at least 4 members (excludes halogenated alkanes) is 1. The molecule has 6 heteroatoms. The fourth-order valence-corrected chi connectivity index (χ4v) is 6.27. The van der Waals surface area contributed by atoms with E-state index < -0.39 is 0 Å². The van der Waals surface area contributed by atoms with Crippen molar-refractivity contribution >= 4 is 23.9 Å². The number of allylic oxidation sites excluding steroid dienone is 5. The summed E-state index contributed by atoms with van der Waals surface area (Å²) in [4.78, 5) is 20.5. The van der Waals surface area contributed by atoms with Gasteiger partial charge >= 0.3 is 0 Å². The Morgan fingerprint density at radius 1 is 1.27 bits per heavy atom. The van der Waals surface area contributed by atoms with Crippen LogP contribution in [0.5, 0.6) is 5.75 Å². The van der Waals surface area contributed by atoms with E-state index in [0.717, 1.165) is 72.4 Å². The maximum absolute atomic E-state index is 13.0. The van der Waals surface area contributed by atoms with E-state index in [1.165, 1.54) is 23.1 Å². The monoisotopic (exact) mass is 554 g/mol. The Kier molecular flexibility index (Phi) is 8.30. The molecule has 1 unspecified atom stereocenters. The van der Waals surface area contributed by atoms with Crippen LogP contribution in [0.25, 0.3) is 17.7 Å². The van der Waals surface area contributed by atoms with Crippen molar-refractivity contribution in [1.29, 1.82) is 0 Å². The van der Waals surface area contributed by atoms with Gasteiger partial charge in [0, 0.05) is 31.3 Å². The van der Waals surface area contributed by atoms with Crippen LogP contribution in [0, 0.1) is 11.3 Å². The molecule has 1 atom stereocenters. The van der Waals surface area contributed by atoms with Gasteiger partial charge in [0.2, 0.25) is 0 Å². The van der Waals surface area contributed by atoms with Gasteiger partial charge in [-0.2, -0.15) is 0 Å². The summed E-state index contributed by atoms with van der Waals surface area (Å²) in [6, 6.07) is 6.42. The molecule has 2 aromatic rings. The quantitative estimate of drug-likeness (QED) is 0.506. The number of aromatic amines is 1. The van der Waals surface area contributed by atoms with Crippen LogP contribution in [0.2, 0.25) is 0 Å². The van der Waals surface area contributed by atoms with Gasteiger partial charge in [-0.1, -0.05) is 57.9 Å². The molecule has 0 bridgehead atoms. The molecule has 3 aliphatic rings. The first-order chi connectivity index (χ1) is 19.6. The highest BCUT2D eigenvalue weighted by Gasteiger charge is 2.33. The van der Waals surface area contributed by atoms with Crippen molar-refractivity contribution in [3.05, 3.63) is 78.9 Å². The largest absolute Gasteiger partial charge is 0.491 e. The topological polar surface area (TPSA) is 62.6 Å². The molecule has 1 aromatic heterocycles. The first-order valence-electron chi connectivity index (χ1n) is 15.2. The van der Waals surface area contributed by atoms with E-state index in [-0.39, 0.29) is 11.0 Å². The lowest BCUT2D eigenvalue weighted by Gasteiger charge is -2.36. The average Bonchev–Trinajstić information content (AvgIpc) is 3.07. The predicted octanol–water partition coefficient (Wildman–Crippen LogP) is 5.83. The van der Waals surface area contributed by atoms with Gasteiger partial charge in [0.05, 0.1) is 17.1 Å². The minimum atomic E-state index is -0.0144. The number of rotatable bonds is 5. The SMILES string of the molecule is CC=C(C=c1c(=CCCC)[nH]n(C)c1=O)c1ccc2c(c1)CN(C1=C3CC(C)(C)CCC3=C(C)C(C)C=N1)CCO2. The Balaban J connectivity index is 1.55. The Morgan fingerprint density at radius 3 is 2.83 bits per heavy atom. The Morgan fingerprint density at radius 2 is 2.07 bits per heavy atom. The van der Waals surface area contributed by atoms with Gasteiger partial charge < -0.3 is 9.64 Å². The van der Waals surface area contributed by atoms with Crippen LogP contribution in [0.15, 0.2) is 56.6 Å². The van der Waals surface area contributed by atoms with Gasteiger partial charge in [-0.3, -0.25) is 14.6 Å². The number of aromatic nitrogens is 2. The summed E-state index contributed by atoms with van der Waals surface area (Å²) in [6.07, 6.45) is 13.7. The lowest BCUT2D eigenvalue weighted by Crippen LogP contribution is -2.34. The van der Waals surface area contributed by atoms with E-state index in [1.54, 1.807) is 11.7 Å². The smallest absolute Gasteiger partial charge is 0.274 e. The van der Waals surface area contributed by atoms with E-state index >= 15 is 0 Å². The van der Waals surface area contributed by atoms with Gasteiger partial charge in [0.15, 0.2) is 0 Å². The van der Waals surface area contributed by atoms with Crippen molar-refractivity contribution < 1.29 is 4.74 Å². The summed E-state index contributed by atoms with van der Waals surface area (Å²) < 4.78 is 7.83. The second-order valence-corrected chi connectivity index (χ2v) is 12.6. The molecule has 5 rings (SSSR count). The van der Waals surface area contributed by atoms with E-state index in [0.29, 0.717) is 17.7 Å². The standard InChI is InChI=1S/C35H46N4O2/c1-8-10-11-31-29(34(40)38(7)37-31)19-25(9-2)26-12-13-32-27(18-26)22-39(16-17-41-32)33-30-20-35(5,6)15-14-28(30)24(4)23(3)21-36-33/h9,11-13,18-19,21,23,37H,8,10,14-17,20,22H2,1-7H3. The fourth-order valence-electron chi connectivity index (χ4n) is 6.27. The number of H-pyrrole nitrogens is 1. The van der Waals surface area contributed by atoms with Gasteiger partial charge in [0.25, 0.3) is 5.56 Å². The third-order valence-corrected chi connectivity index (χ3v) is 8.96. The Bertz CT molecular complexity index is 1630. The molecule has 2 aliphatic heterocycles. The number of nitrogens with one attached hydrogen (secondary N) is 1. The average molecular weight is 555 g/mol. The normalized spacial score (nSPS) is 22.0. The third-order valence-electron chi connectivity index (χ3n) is 8.96. The summed E-state index contributed by atoms with van der Waals surface area (Å²) in [5.74, 6) is 2.38. The van der Waals surface area contributed by atoms with Crippen molar-refractivity contribution in [2.75, 3.05) is 13.2 Å². The Hall–Kier alpha value is -3.54. The molecule has 6 nitrogen and oxygen atoms in total. The van der Waals surface area contributed by atoms with Crippen molar-refractivity contribution in [2.24, 2.45) is 23.4 Å². The van der Waals surface area contributed by atoms with Crippen LogP contribution in [-0.2, 0) is 13.6 Å². The van der Waals surface area contributed by atoms with Crippen molar-refractivity contribution in [3.8, 4) is 5.75 Å². The number of aliphatic imine (C=N–C) groups is 1. The summed E-state index contributed by atoms with van der Waals surface area (Å²) >= 11 is 0. The summed E-state index contributed by atoms with van der Waals surface area (Å²) in [5, 5.41) is 4.79. The highest BCUT2D eigenvalue weighted by atomic mass is 16.5. The number of hydrogen-bond donors (Lipinski definition) is 1. The highest BCUT2D eigenvalue weighted by Crippen LogP contribution is 2.46. The van der Waals surface area contributed by atoms with E-state index in [4.69, 9.17) is 9.73 Å². The zero-order valence-electron chi connectivity index (χ0n) is 25.9. The molecule has 1 fully saturated rings. The number of fused-ring (bicyclic) bond motifs is 2. The molecule has 0 radical (unpaired) electrons. The first-order valence-corrected chi connectivity index (χ1v) is 15.2. The number of nitrogens with zero attached hydrogens (tertiary/aromatic N) is 3. The molecular formula is C35H46N4O2. The predicted molar refractivity (Wildman–Crippen MR) is 170 cm³/mol. The summed E-state index contributed by atoms with van der Waals surface area (Å²) in [7, 11) is 1.77. The van der Waals surface area contributed by atoms with Crippen molar-refractivity contribution in [2.45, 2.75) is 80.2 Å². The van der Waals surface area contributed by atoms with Crippen molar-refractivity contribution in [3.63, 3.8) is 0 Å². The van der Waals surface area contributed by atoms with E-state index in [2.05, 4.69) is 81.2 Å². The molecular weight excluding hydrogens is 508 g/mol. The molecule has 0 saturated heterocycles. The fraction of sp³-hybridized carbons (Fsp3) is 0.486. The summed E-state index contributed by atoms with van der Waals surface area (Å²) in [5.41, 5.74) is 7.88. The molecule has 1 aromatic carbocycles. The van der Waals surface area contributed by atoms with Gasteiger partial charge in [-0.25, -0.2) is 4.99 Å². The number of benzene rings is 1.